The third-order valence-electron chi connectivity index (χ3n) is 3.05. The van der Waals surface area contributed by atoms with Gasteiger partial charge in [0, 0.05) is 19.2 Å². The summed E-state index contributed by atoms with van der Waals surface area (Å²) in [7, 11) is 0. The first kappa shape index (κ1) is 16.9. The zero-order valence-electron chi connectivity index (χ0n) is 12.4. The fourth-order valence-corrected chi connectivity index (χ4v) is 1.88. The van der Waals surface area contributed by atoms with Crippen LogP contribution in [0.15, 0.2) is 0 Å². The van der Waals surface area contributed by atoms with Crippen molar-refractivity contribution in [1.29, 1.82) is 0 Å². The molecule has 0 aromatic carbocycles. The highest BCUT2D eigenvalue weighted by Gasteiger charge is 2.00. The predicted molar refractivity (Wildman–Crippen MR) is 76.5 cm³/mol. The monoisotopic (exact) mass is 243 g/mol. The summed E-state index contributed by atoms with van der Waals surface area (Å²) in [6.45, 7) is 11.8. The van der Waals surface area contributed by atoms with Gasteiger partial charge < -0.3 is 10.1 Å². The summed E-state index contributed by atoms with van der Waals surface area (Å²) in [5.74, 6) is 0.801. The summed E-state index contributed by atoms with van der Waals surface area (Å²) >= 11 is 0. The summed E-state index contributed by atoms with van der Waals surface area (Å²) in [5.41, 5.74) is 0. The first-order valence-electron chi connectivity index (χ1n) is 7.48. The number of nitrogens with one attached hydrogen (secondary N) is 1. The summed E-state index contributed by atoms with van der Waals surface area (Å²) in [6.07, 6.45) is 7.79. The van der Waals surface area contributed by atoms with E-state index in [1.54, 1.807) is 0 Å². The van der Waals surface area contributed by atoms with Crippen molar-refractivity contribution in [2.45, 2.75) is 72.3 Å². The van der Waals surface area contributed by atoms with Gasteiger partial charge in [0.15, 0.2) is 0 Å². The first-order chi connectivity index (χ1) is 8.16. The van der Waals surface area contributed by atoms with E-state index in [2.05, 4.69) is 33.0 Å². The van der Waals surface area contributed by atoms with Gasteiger partial charge in [-0.05, 0) is 32.1 Å². The second-order valence-corrected chi connectivity index (χ2v) is 5.50. The molecule has 0 aliphatic carbocycles. The lowest BCUT2D eigenvalue weighted by molar-refractivity contribution is 0.127. The van der Waals surface area contributed by atoms with Crippen LogP contribution in [0.1, 0.15) is 66.2 Å². The van der Waals surface area contributed by atoms with Crippen molar-refractivity contribution in [1.82, 2.24) is 5.32 Å². The fourth-order valence-electron chi connectivity index (χ4n) is 1.88. The maximum absolute atomic E-state index is 5.60. The van der Waals surface area contributed by atoms with Gasteiger partial charge in [0.25, 0.3) is 0 Å². The molecule has 0 radical (unpaired) electrons. The van der Waals surface area contributed by atoms with Crippen LogP contribution in [0.5, 0.6) is 0 Å². The van der Waals surface area contributed by atoms with Crippen LogP contribution in [0, 0.1) is 5.92 Å². The summed E-state index contributed by atoms with van der Waals surface area (Å²) in [4.78, 5) is 0. The Hall–Kier alpha value is -0.0800. The van der Waals surface area contributed by atoms with Gasteiger partial charge in [0.2, 0.25) is 0 Å². The molecular formula is C15H33NO. The zero-order chi connectivity index (χ0) is 12.9. The Labute approximate surface area is 109 Å². The SMILES string of the molecule is CCCCCC(C)NCCOCCCC(C)C. The minimum absolute atomic E-state index is 0.640. The lowest BCUT2D eigenvalue weighted by atomic mass is 10.1. The Balaban J connectivity index is 3.11. The van der Waals surface area contributed by atoms with E-state index in [4.69, 9.17) is 4.74 Å². The van der Waals surface area contributed by atoms with Crippen molar-refractivity contribution in [2.75, 3.05) is 19.8 Å². The van der Waals surface area contributed by atoms with Crippen LogP contribution in [-0.4, -0.2) is 25.8 Å². The van der Waals surface area contributed by atoms with Crippen molar-refractivity contribution in [3.63, 3.8) is 0 Å². The van der Waals surface area contributed by atoms with Crippen LogP contribution in [-0.2, 0) is 4.74 Å². The molecular weight excluding hydrogens is 210 g/mol. The van der Waals surface area contributed by atoms with Gasteiger partial charge in [-0.2, -0.15) is 0 Å². The van der Waals surface area contributed by atoms with E-state index in [9.17, 15) is 0 Å². The quantitative estimate of drug-likeness (QED) is 0.523. The van der Waals surface area contributed by atoms with E-state index in [0.717, 1.165) is 25.7 Å². The molecule has 0 spiro atoms. The van der Waals surface area contributed by atoms with Gasteiger partial charge in [-0.15, -0.1) is 0 Å². The molecule has 1 unspecified atom stereocenters. The van der Waals surface area contributed by atoms with Crippen LogP contribution < -0.4 is 5.32 Å². The maximum Gasteiger partial charge on any atom is 0.0590 e. The van der Waals surface area contributed by atoms with Gasteiger partial charge in [-0.3, -0.25) is 0 Å². The highest BCUT2D eigenvalue weighted by atomic mass is 16.5. The first-order valence-corrected chi connectivity index (χ1v) is 7.48. The maximum atomic E-state index is 5.60. The second-order valence-electron chi connectivity index (χ2n) is 5.50. The minimum Gasteiger partial charge on any atom is -0.380 e. The molecule has 17 heavy (non-hydrogen) atoms. The second kappa shape index (κ2) is 12.4. The zero-order valence-corrected chi connectivity index (χ0v) is 12.4. The van der Waals surface area contributed by atoms with E-state index in [1.165, 1.54) is 38.5 Å². The van der Waals surface area contributed by atoms with Crippen molar-refractivity contribution in [2.24, 2.45) is 5.92 Å². The molecule has 0 amide bonds. The molecule has 0 bridgehead atoms. The normalized spacial score (nSPS) is 13.2. The summed E-state index contributed by atoms with van der Waals surface area (Å²) < 4.78 is 5.60. The molecule has 0 aliphatic rings. The van der Waals surface area contributed by atoms with Gasteiger partial charge in [0.05, 0.1) is 6.61 Å². The number of rotatable bonds is 12. The molecule has 0 aliphatic heterocycles. The number of hydrogen-bond donors (Lipinski definition) is 1. The molecule has 0 heterocycles. The minimum atomic E-state index is 0.640. The molecule has 0 aromatic heterocycles. The van der Waals surface area contributed by atoms with Crippen molar-refractivity contribution >= 4 is 0 Å². The lowest BCUT2D eigenvalue weighted by Crippen LogP contribution is -2.29. The molecule has 0 rings (SSSR count). The van der Waals surface area contributed by atoms with Gasteiger partial charge in [-0.25, -0.2) is 0 Å². The highest BCUT2D eigenvalue weighted by molar-refractivity contribution is 4.60. The van der Waals surface area contributed by atoms with E-state index in [-0.39, 0.29) is 0 Å². The van der Waals surface area contributed by atoms with E-state index in [0.29, 0.717) is 6.04 Å². The number of hydrogen-bond acceptors (Lipinski definition) is 2. The predicted octanol–water partition coefficient (Wildman–Crippen LogP) is 4.00. The fraction of sp³-hybridized carbons (Fsp3) is 1.00. The smallest absolute Gasteiger partial charge is 0.0590 e. The molecule has 2 nitrogen and oxygen atoms in total. The average molecular weight is 243 g/mol. The molecule has 2 heteroatoms. The summed E-state index contributed by atoms with van der Waals surface area (Å²) in [6, 6.07) is 0.640. The average Bonchev–Trinajstić information content (AvgIpc) is 2.28. The molecule has 1 N–H and O–H groups in total. The highest BCUT2D eigenvalue weighted by Crippen LogP contribution is 2.03. The van der Waals surface area contributed by atoms with Crippen molar-refractivity contribution < 1.29 is 4.74 Å². The number of unbranched alkanes of at least 4 members (excludes halogenated alkanes) is 2. The van der Waals surface area contributed by atoms with Crippen LogP contribution in [0.25, 0.3) is 0 Å². The lowest BCUT2D eigenvalue weighted by Gasteiger charge is -2.13. The largest absolute Gasteiger partial charge is 0.380 e. The van der Waals surface area contributed by atoms with E-state index < -0.39 is 0 Å². The Morgan fingerprint density at radius 2 is 1.71 bits per heavy atom. The standard InChI is InChI=1S/C15H33NO/c1-5-6-7-10-15(4)16-11-13-17-12-8-9-14(2)3/h14-16H,5-13H2,1-4H3. The van der Waals surface area contributed by atoms with Crippen LogP contribution >= 0.6 is 0 Å². The van der Waals surface area contributed by atoms with Crippen LogP contribution in [0.3, 0.4) is 0 Å². The topological polar surface area (TPSA) is 21.3 Å². The molecule has 0 fully saturated rings. The Morgan fingerprint density at radius 1 is 0.941 bits per heavy atom. The van der Waals surface area contributed by atoms with Crippen LogP contribution in [0.4, 0.5) is 0 Å². The third-order valence-corrected chi connectivity index (χ3v) is 3.05. The third kappa shape index (κ3) is 13.9. The van der Waals surface area contributed by atoms with Gasteiger partial charge in [-0.1, -0.05) is 40.0 Å². The van der Waals surface area contributed by atoms with E-state index >= 15 is 0 Å². The Morgan fingerprint density at radius 3 is 2.35 bits per heavy atom. The molecule has 1 atom stereocenters. The van der Waals surface area contributed by atoms with Gasteiger partial charge >= 0.3 is 0 Å². The Kier molecular flexibility index (Phi) is 12.3. The van der Waals surface area contributed by atoms with Gasteiger partial charge in [0.1, 0.15) is 0 Å². The molecule has 0 saturated carbocycles. The van der Waals surface area contributed by atoms with Crippen molar-refractivity contribution in [3.05, 3.63) is 0 Å². The molecule has 0 aromatic rings. The number of ether oxygens (including phenoxy) is 1. The van der Waals surface area contributed by atoms with Crippen LogP contribution in [0.2, 0.25) is 0 Å². The Bertz CT molecular complexity index is 148. The molecule has 104 valence electrons. The van der Waals surface area contributed by atoms with E-state index in [1.807, 2.05) is 0 Å². The van der Waals surface area contributed by atoms with Crippen molar-refractivity contribution in [3.8, 4) is 0 Å². The summed E-state index contributed by atoms with van der Waals surface area (Å²) in [5, 5.41) is 3.52. The molecule has 0 saturated heterocycles.